The van der Waals surface area contributed by atoms with E-state index in [9.17, 15) is 4.79 Å². The van der Waals surface area contributed by atoms with Crippen LogP contribution in [0.15, 0.2) is 16.8 Å². The van der Waals surface area contributed by atoms with Gasteiger partial charge in [-0.3, -0.25) is 4.79 Å². The maximum absolute atomic E-state index is 12.3. The molecule has 2 rings (SSSR count). The van der Waals surface area contributed by atoms with Crippen LogP contribution in [0.2, 0.25) is 0 Å². The van der Waals surface area contributed by atoms with E-state index in [4.69, 9.17) is 10.5 Å². The topological polar surface area (TPSA) is 55.6 Å². The summed E-state index contributed by atoms with van der Waals surface area (Å²) >= 11 is 1.67. The Balaban J connectivity index is 1.87. The van der Waals surface area contributed by atoms with Crippen molar-refractivity contribution < 1.29 is 9.53 Å². The Bertz CT molecular complexity index is 394. The summed E-state index contributed by atoms with van der Waals surface area (Å²) in [5.41, 5.74) is 7.04. The molecular formula is C14H22N2O2S. The molecule has 5 heteroatoms. The van der Waals surface area contributed by atoms with Gasteiger partial charge in [0, 0.05) is 32.7 Å². The molecule has 0 unspecified atom stereocenters. The lowest BCUT2D eigenvalue weighted by atomic mass is 9.98. The number of carbonyl (C=O) groups is 1. The van der Waals surface area contributed by atoms with Crippen LogP contribution in [0, 0.1) is 0 Å². The van der Waals surface area contributed by atoms with Crippen molar-refractivity contribution in [3.8, 4) is 0 Å². The molecule has 1 saturated heterocycles. The summed E-state index contributed by atoms with van der Waals surface area (Å²) in [6, 6.07) is 2.21. The zero-order chi connectivity index (χ0) is 13.7. The van der Waals surface area contributed by atoms with Gasteiger partial charge in [-0.05, 0) is 41.7 Å². The van der Waals surface area contributed by atoms with Crippen LogP contribution in [0.1, 0.15) is 24.8 Å². The normalized spacial score (nSPS) is 23.6. The van der Waals surface area contributed by atoms with Gasteiger partial charge in [0.05, 0.1) is 6.10 Å². The smallest absolute Gasteiger partial charge is 0.223 e. The van der Waals surface area contributed by atoms with Gasteiger partial charge in [0.1, 0.15) is 0 Å². The van der Waals surface area contributed by atoms with Crippen molar-refractivity contribution in [1.29, 1.82) is 0 Å². The quantitative estimate of drug-likeness (QED) is 0.893. The summed E-state index contributed by atoms with van der Waals surface area (Å²) in [5.74, 6) is 0.219. The van der Waals surface area contributed by atoms with E-state index in [0.717, 1.165) is 25.8 Å². The molecule has 106 valence electrons. The molecule has 1 aromatic rings. The fourth-order valence-corrected chi connectivity index (χ4v) is 3.31. The Morgan fingerprint density at radius 1 is 1.63 bits per heavy atom. The summed E-state index contributed by atoms with van der Waals surface area (Å²) in [5, 5.41) is 4.15. The van der Waals surface area contributed by atoms with Crippen LogP contribution in [0.3, 0.4) is 0 Å². The van der Waals surface area contributed by atoms with Crippen LogP contribution < -0.4 is 5.73 Å². The van der Waals surface area contributed by atoms with Crippen LogP contribution in [0.25, 0.3) is 0 Å². The molecule has 1 fully saturated rings. The largest absolute Gasteiger partial charge is 0.381 e. The number of likely N-dealkylation sites (tertiary alicyclic amines) is 1. The average molecular weight is 282 g/mol. The van der Waals surface area contributed by atoms with Gasteiger partial charge < -0.3 is 15.4 Å². The molecule has 1 aromatic heterocycles. The second kappa shape index (κ2) is 7.03. The monoisotopic (exact) mass is 282 g/mol. The van der Waals surface area contributed by atoms with E-state index in [1.165, 1.54) is 5.56 Å². The van der Waals surface area contributed by atoms with E-state index in [0.29, 0.717) is 13.0 Å². The molecule has 1 amide bonds. The van der Waals surface area contributed by atoms with Crippen LogP contribution in [0.5, 0.6) is 0 Å². The van der Waals surface area contributed by atoms with Gasteiger partial charge in [0.15, 0.2) is 0 Å². The fourth-order valence-electron chi connectivity index (χ4n) is 2.61. The lowest BCUT2D eigenvalue weighted by Gasteiger charge is -2.38. The van der Waals surface area contributed by atoms with Crippen molar-refractivity contribution in [2.24, 2.45) is 5.73 Å². The van der Waals surface area contributed by atoms with Crippen molar-refractivity contribution in [2.75, 3.05) is 20.2 Å². The number of carbonyl (C=O) groups excluding carboxylic acids is 1. The third-order valence-corrected chi connectivity index (χ3v) is 4.53. The standard InChI is InChI=1S/C14H22N2O2S/c1-18-13-4-6-16(12(8-13)9-15)14(17)3-2-11-5-7-19-10-11/h5,7,10,12-13H,2-4,6,8-9,15H2,1H3/t12-,13-/m1/s1. The number of methoxy groups -OCH3 is 1. The number of thiophene rings is 1. The highest BCUT2D eigenvalue weighted by atomic mass is 32.1. The minimum absolute atomic E-state index is 0.133. The number of amides is 1. The van der Waals surface area contributed by atoms with Crippen molar-refractivity contribution in [1.82, 2.24) is 4.90 Å². The van der Waals surface area contributed by atoms with Crippen molar-refractivity contribution in [3.63, 3.8) is 0 Å². The number of nitrogens with zero attached hydrogens (tertiary/aromatic N) is 1. The molecule has 0 radical (unpaired) electrons. The van der Waals surface area contributed by atoms with Gasteiger partial charge >= 0.3 is 0 Å². The van der Waals surface area contributed by atoms with E-state index < -0.39 is 0 Å². The number of piperidine rings is 1. The van der Waals surface area contributed by atoms with Crippen LogP contribution in [-0.4, -0.2) is 43.2 Å². The molecule has 0 spiro atoms. The maximum Gasteiger partial charge on any atom is 0.223 e. The molecule has 1 aliphatic rings. The molecule has 0 bridgehead atoms. The first-order valence-electron chi connectivity index (χ1n) is 6.78. The van der Waals surface area contributed by atoms with Gasteiger partial charge in [0.25, 0.3) is 0 Å². The van der Waals surface area contributed by atoms with Crippen LogP contribution in [0.4, 0.5) is 0 Å². The first-order chi connectivity index (χ1) is 9.24. The van der Waals surface area contributed by atoms with E-state index in [-0.39, 0.29) is 18.1 Å². The maximum atomic E-state index is 12.3. The molecule has 2 heterocycles. The zero-order valence-corrected chi connectivity index (χ0v) is 12.2. The summed E-state index contributed by atoms with van der Waals surface area (Å²) in [6.07, 6.45) is 3.41. The molecule has 0 saturated carbocycles. The fraction of sp³-hybridized carbons (Fsp3) is 0.643. The van der Waals surface area contributed by atoms with Gasteiger partial charge in [0.2, 0.25) is 5.91 Å². The minimum atomic E-state index is 0.133. The van der Waals surface area contributed by atoms with Crippen LogP contribution in [-0.2, 0) is 16.0 Å². The Kier molecular flexibility index (Phi) is 5.36. The molecule has 2 atom stereocenters. The molecular weight excluding hydrogens is 260 g/mol. The third-order valence-electron chi connectivity index (χ3n) is 3.80. The summed E-state index contributed by atoms with van der Waals surface area (Å²) in [6.45, 7) is 1.28. The predicted molar refractivity (Wildman–Crippen MR) is 77.2 cm³/mol. The Morgan fingerprint density at radius 3 is 3.11 bits per heavy atom. The van der Waals surface area contributed by atoms with Crippen molar-refractivity contribution >= 4 is 17.2 Å². The second-order valence-electron chi connectivity index (χ2n) is 4.99. The predicted octanol–water partition coefficient (Wildman–Crippen LogP) is 1.65. The number of rotatable bonds is 5. The van der Waals surface area contributed by atoms with Gasteiger partial charge in [-0.2, -0.15) is 11.3 Å². The lowest BCUT2D eigenvalue weighted by molar-refractivity contribution is -0.136. The highest BCUT2D eigenvalue weighted by molar-refractivity contribution is 7.07. The van der Waals surface area contributed by atoms with Gasteiger partial charge in [-0.1, -0.05) is 0 Å². The third kappa shape index (κ3) is 3.78. The average Bonchev–Trinajstić information content (AvgIpc) is 2.97. The minimum Gasteiger partial charge on any atom is -0.381 e. The van der Waals surface area contributed by atoms with E-state index in [2.05, 4.69) is 11.4 Å². The summed E-state index contributed by atoms with van der Waals surface area (Å²) < 4.78 is 5.38. The highest BCUT2D eigenvalue weighted by Gasteiger charge is 2.30. The molecule has 0 aliphatic carbocycles. The Labute approximate surface area is 118 Å². The van der Waals surface area contributed by atoms with E-state index >= 15 is 0 Å². The van der Waals surface area contributed by atoms with Crippen molar-refractivity contribution in [2.45, 2.75) is 37.8 Å². The number of ether oxygens (including phenoxy) is 1. The summed E-state index contributed by atoms with van der Waals surface area (Å²) in [7, 11) is 1.73. The first-order valence-corrected chi connectivity index (χ1v) is 7.72. The molecule has 4 nitrogen and oxygen atoms in total. The molecule has 0 aromatic carbocycles. The summed E-state index contributed by atoms with van der Waals surface area (Å²) in [4.78, 5) is 14.2. The molecule has 19 heavy (non-hydrogen) atoms. The second-order valence-corrected chi connectivity index (χ2v) is 5.77. The Morgan fingerprint density at radius 2 is 2.47 bits per heavy atom. The van der Waals surface area contributed by atoms with Gasteiger partial charge in [-0.25, -0.2) is 0 Å². The number of aryl methyl sites for hydroxylation is 1. The van der Waals surface area contributed by atoms with Crippen LogP contribution >= 0.6 is 11.3 Å². The molecule has 2 N–H and O–H groups in total. The zero-order valence-electron chi connectivity index (χ0n) is 11.4. The Hall–Kier alpha value is -0.910. The SMILES string of the molecule is CO[C@@H]1CCN(C(=O)CCc2ccsc2)[C@@H](CN)C1. The number of nitrogens with two attached hydrogens (primary N) is 1. The number of hydrogen-bond donors (Lipinski definition) is 1. The lowest BCUT2D eigenvalue weighted by Crippen LogP contribution is -2.51. The van der Waals surface area contributed by atoms with Gasteiger partial charge in [-0.15, -0.1) is 0 Å². The number of hydrogen-bond acceptors (Lipinski definition) is 4. The molecule has 1 aliphatic heterocycles. The van der Waals surface area contributed by atoms with Crippen molar-refractivity contribution in [3.05, 3.63) is 22.4 Å². The first kappa shape index (κ1) is 14.5. The highest BCUT2D eigenvalue weighted by Crippen LogP contribution is 2.20. The van der Waals surface area contributed by atoms with E-state index in [1.54, 1.807) is 18.4 Å². The van der Waals surface area contributed by atoms with E-state index in [1.807, 2.05) is 10.3 Å².